The van der Waals surface area contributed by atoms with Gasteiger partial charge in [0.25, 0.3) is 0 Å². The Bertz CT molecular complexity index is 309. The lowest BCUT2D eigenvalue weighted by atomic mass is 9.95. The Morgan fingerprint density at radius 1 is 1.35 bits per heavy atom. The summed E-state index contributed by atoms with van der Waals surface area (Å²) in [5.41, 5.74) is -0.605. The maximum Gasteiger partial charge on any atom is 0.410 e. The zero-order valence-electron chi connectivity index (χ0n) is 10.3. The summed E-state index contributed by atoms with van der Waals surface area (Å²) in [6, 6.07) is 0. The number of hydrogen-bond acceptors (Lipinski definition) is 4. The SMILES string of the molecule is CC(C)(C)OC(=O)N1CC[C@@H](O)[C@H](C(=O)O)C1. The van der Waals surface area contributed by atoms with Crippen molar-refractivity contribution < 1.29 is 24.5 Å². The average molecular weight is 245 g/mol. The number of carboxylic acid groups (broad SMARTS) is 1. The van der Waals surface area contributed by atoms with Crippen LogP contribution in [-0.4, -0.2) is 52.0 Å². The van der Waals surface area contributed by atoms with Gasteiger partial charge in [-0.05, 0) is 27.2 Å². The highest BCUT2D eigenvalue weighted by atomic mass is 16.6. The van der Waals surface area contributed by atoms with Crippen LogP contribution in [0.5, 0.6) is 0 Å². The van der Waals surface area contributed by atoms with E-state index in [2.05, 4.69) is 0 Å². The number of amides is 1. The van der Waals surface area contributed by atoms with Crippen molar-refractivity contribution in [3.05, 3.63) is 0 Å². The number of piperidine rings is 1. The number of aliphatic hydroxyl groups excluding tert-OH is 1. The molecule has 98 valence electrons. The smallest absolute Gasteiger partial charge is 0.410 e. The van der Waals surface area contributed by atoms with Crippen LogP contribution >= 0.6 is 0 Å². The lowest BCUT2D eigenvalue weighted by Gasteiger charge is -2.35. The highest BCUT2D eigenvalue weighted by Gasteiger charge is 2.36. The van der Waals surface area contributed by atoms with Crippen molar-refractivity contribution >= 4 is 12.1 Å². The summed E-state index contributed by atoms with van der Waals surface area (Å²) < 4.78 is 5.15. The van der Waals surface area contributed by atoms with E-state index in [1.807, 2.05) is 0 Å². The number of carboxylic acids is 1. The van der Waals surface area contributed by atoms with Gasteiger partial charge in [-0.2, -0.15) is 0 Å². The Labute approximate surface area is 100 Å². The second kappa shape index (κ2) is 4.91. The van der Waals surface area contributed by atoms with E-state index in [-0.39, 0.29) is 13.0 Å². The molecular weight excluding hydrogens is 226 g/mol. The summed E-state index contributed by atoms with van der Waals surface area (Å²) >= 11 is 0. The van der Waals surface area contributed by atoms with Gasteiger partial charge in [-0.3, -0.25) is 4.79 Å². The standard InChI is InChI=1S/C11H19NO5/c1-11(2,3)17-10(16)12-5-4-8(13)7(6-12)9(14)15/h7-8,13H,4-6H2,1-3H3,(H,14,15)/t7-,8-/m1/s1. The van der Waals surface area contributed by atoms with Gasteiger partial charge in [0.05, 0.1) is 6.10 Å². The summed E-state index contributed by atoms with van der Waals surface area (Å²) in [7, 11) is 0. The van der Waals surface area contributed by atoms with Crippen LogP contribution in [0.15, 0.2) is 0 Å². The number of hydrogen-bond donors (Lipinski definition) is 2. The first kappa shape index (κ1) is 13.8. The minimum absolute atomic E-state index is 0.00852. The Kier molecular flexibility index (Phi) is 3.98. The normalized spacial score (nSPS) is 25.5. The number of carbonyl (C=O) groups excluding carboxylic acids is 1. The summed E-state index contributed by atoms with van der Waals surface area (Å²) in [6.45, 7) is 5.56. The zero-order valence-corrected chi connectivity index (χ0v) is 10.3. The molecule has 1 aliphatic rings. The number of carbonyl (C=O) groups is 2. The van der Waals surface area contributed by atoms with Crippen molar-refractivity contribution in [3.63, 3.8) is 0 Å². The number of ether oxygens (including phenoxy) is 1. The fraction of sp³-hybridized carbons (Fsp3) is 0.818. The van der Waals surface area contributed by atoms with E-state index in [9.17, 15) is 14.7 Å². The van der Waals surface area contributed by atoms with Gasteiger partial charge in [0.2, 0.25) is 0 Å². The molecule has 6 heteroatoms. The molecule has 0 radical (unpaired) electrons. The Hall–Kier alpha value is -1.30. The lowest BCUT2D eigenvalue weighted by Crippen LogP contribution is -2.50. The fourth-order valence-corrected chi connectivity index (χ4v) is 1.67. The second-order valence-electron chi connectivity index (χ2n) is 5.23. The van der Waals surface area contributed by atoms with Crippen LogP contribution in [0.1, 0.15) is 27.2 Å². The minimum atomic E-state index is -1.09. The van der Waals surface area contributed by atoms with Crippen LogP contribution in [0.4, 0.5) is 4.79 Å². The molecule has 0 unspecified atom stereocenters. The molecule has 0 aliphatic carbocycles. The number of nitrogens with zero attached hydrogens (tertiary/aromatic N) is 1. The monoisotopic (exact) mass is 245 g/mol. The molecule has 1 amide bonds. The maximum atomic E-state index is 11.7. The van der Waals surface area contributed by atoms with Crippen LogP contribution in [0.25, 0.3) is 0 Å². The van der Waals surface area contributed by atoms with E-state index in [1.165, 1.54) is 4.90 Å². The van der Waals surface area contributed by atoms with Gasteiger partial charge >= 0.3 is 12.1 Å². The highest BCUT2D eigenvalue weighted by molar-refractivity contribution is 5.74. The molecule has 1 heterocycles. The maximum absolute atomic E-state index is 11.7. The molecule has 0 aromatic rings. The van der Waals surface area contributed by atoms with Gasteiger partial charge in [-0.1, -0.05) is 0 Å². The van der Waals surface area contributed by atoms with Crippen molar-refractivity contribution in [3.8, 4) is 0 Å². The molecule has 0 aromatic carbocycles. The van der Waals surface area contributed by atoms with Crippen molar-refractivity contribution in [1.29, 1.82) is 0 Å². The number of rotatable bonds is 1. The van der Waals surface area contributed by atoms with Gasteiger partial charge in [-0.25, -0.2) is 4.79 Å². The van der Waals surface area contributed by atoms with Crippen LogP contribution in [-0.2, 0) is 9.53 Å². The third-order valence-corrected chi connectivity index (χ3v) is 2.55. The molecule has 17 heavy (non-hydrogen) atoms. The molecular formula is C11H19NO5. The van der Waals surface area contributed by atoms with Gasteiger partial charge < -0.3 is 19.8 Å². The second-order valence-corrected chi connectivity index (χ2v) is 5.23. The molecule has 0 bridgehead atoms. The van der Waals surface area contributed by atoms with E-state index in [1.54, 1.807) is 20.8 Å². The molecule has 1 fully saturated rings. The van der Waals surface area contributed by atoms with Crippen molar-refractivity contribution in [2.24, 2.45) is 5.92 Å². The van der Waals surface area contributed by atoms with Crippen molar-refractivity contribution in [1.82, 2.24) is 4.90 Å². The summed E-state index contributed by atoms with van der Waals surface area (Å²) in [5.74, 6) is -2.03. The molecule has 0 spiro atoms. The number of likely N-dealkylation sites (tertiary alicyclic amines) is 1. The van der Waals surface area contributed by atoms with E-state index in [0.717, 1.165) is 0 Å². The molecule has 1 rings (SSSR count). The first-order valence-electron chi connectivity index (χ1n) is 5.59. The predicted molar refractivity (Wildman–Crippen MR) is 59.6 cm³/mol. The summed E-state index contributed by atoms with van der Waals surface area (Å²) in [6.07, 6.45) is -1.17. The van der Waals surface area contributed by atoms with E-state index in [4.69, 9.17) is 9.84 Å². The van der Waals surface area contributed by atoms with Gasteiger partial charge in [0, 0.05) is 13.1 Å². The Morgan fingerprint density at radius 3 is 2.41 bits per heavy atom. The summed E-state index contributed by atoms with van der Waals surface area (Å²) in [5, 5.41) is 18.4. The number of aliphatic carboxylic acids is 1. The molecule has 6 nitrogen and oxygen atoms in total. The zero-order chi connectivity index (χ0) is 13.2. The van der Waals surface area contributed by atoms with E-state index < -0.39 is 29.7 Å². The van der Waals surface area contributed by atoms with Crippen LogP contribution in [0.2, 0.25) is 0 Å². The van der Waals surface area contributed by atoms with Gasteiger partial charge in [-0.15, -0.1) is 0 Å². The lowest BCUT2D eigenvalue weighted by molar-refractivity contribution is -0.148. The van der Waals surface area contributed by atoms with Crippen LogP contribution in [0.3, 0.4) is 0 Å². The third-order valence-electron chi connectivity index (χ3n) is 2.55. The largest absolute Gasteiger partial charge is 0.481 e. The molecule has 1 saturated heterocycles. The molecule has 2 N–H and O–H groups in total. The van der Waals surface area contributed by atoms with Gasteiger partial charge in [0.1, 0.15) is 11.5 Å². The third kappa shape index (κ3) is 3.89. The Balaban J connectivity index is 2.62. The topological polar surface area (TPSA) is 87.1 Å². The molecule has 0 aromatic heterocycles. The van der Waals surface area contributed by atoms with Crippen LogP contribution in [0, 0.1) is 5.92 Å². The number of aliphatic hydroxyl groups is 1. The fourth-order valence-electron chi connectivity index (χ4n) is 1.67. The average Bonchev–Trinajstić information content (AvgIpc) is 2.14. The molecule has 2 atom stereocenters. The first-order valence-corrected chi connectivity index (χ1v) is 5.59. The van der Waals surface area contributed by atoms with Crippen molar-refractivity contribution in [2.75, 3.05) is 13.1 Å². The van der Waals surface area contributed by atoms with Gasteiger partial charge in [0.15, 0.2) is 0 Å². The molecule has 0 saturated carbocycles. The molecule has 1 aliphatic heterocycles. The quantitative estimate of drug-likeness (QED) is 0.709. The Morgan fingerprint density at radius 2 is 1.94 bits per heavy atom. The van der Waals surface area contributed by atoms with Crippen LogP contribution < -0.4 is 0 Å². The van der Waals surface area contributed by atoms with Crippen molar-refractivity contribution in [2.45, 2.75) is 38.9 Å². The highest BCUT2D eigenvalue weighted by Crippen LogP contribution is 2.20. The van der Waals surface area contributed by atoms with E-state index >= 15 is 0 Å². The van der Waals surface area contributed by atoms with E-state index in [0.29, 0.717) is 6.54 Å². The predicted octanol–water partition coefficient (Wildman–Crippen LogP) is 0.689. The first-order chi connectivity index (χ1) is 7.70. The minimum Gasteiger partial charge on any atom is -0.481 e. The summed E-state index contributed by atoms with van der Waals surface area (Å²) in [4.78, 5) is 23.9.